The first kappa shape index (κ1) is 49.6. The molecule has 0 aliphatic carbocycles. The lowest BCUT2D eigenvalue weighted by Crippen LogP contribution is -2.30. The molecular weight excluding hydrogens is 648 g/mol. The normalized spacial score (nSPS) is 12.3. The molecule has 0 N–H and O–H groups in total. The summed E-state index contributed by atoms with van der Waals surface area (Å²) >= 11 is 0. The molecule has 6 nitrogen and oxygen atoms in total. The summed E-state index contributed by atoms with van der Waals surface area (Å²) in [6.45, 7) is 6.46. The molecule has 0 bridgehead atoms. The third kappa shape index (κ3) is 38.9. The molecule has 0 spiro atoms. The van der Waals surface area contributed by atoms with Crippen LogP contribution in [0.25, 0.3) is 0 Å². The number of esters is 3. The minimum atomic E-state index is -0.767. The number of ether oxygens (including phenoxy) is 3. The van der Waals surface area contributed by atoms with Crippen LogP contribution in [0.2, 0.25) is 0 Å². The first-order chi connectivity index (χ1) is 25.5. The van der Waals surface area contributed by atoms with E-state index in [2.05, 4.69) is 57.2 Å². The Kier molecular flexibility index (Phi) is 39.5. The van der Waals surface area contributed by atoms with Crippen LogP contribution in [0.15, 0.2) is 36.5 Å². The predicted octanol–water partition coefficient (Wildman–Crippen LogP) is 13.8. The molecule has 52 heavy (non-hydrogen) atoms. The number of unbranched alkanes of at least 4 members (excludes halogenated alkanes) is 22. The highest BCUT2D eigenvalue weighted by atomic mass is 16.6. The van der Waals surface area contributed by atoms with E-state index in [4.69, 9.17) is 14.2 Å². The van der Waals surface area contributed by atoms with E-state index >= 15 is 0 Å². The van der Waals surface area contributed by atoms with E-state index in [-0.39, 0.29) is 31.1 Å². The molecule has 0 fully saturated rings. The highest BCUT2D eigenvalue weighted by molar-refractivity contribution is 5.71. The van der Waals surface area contributed by atoms with Gasteiger partial charge in [-0.25, -0.2) is 0 Å². The van der Waals surface area contributed by atoms with Crippen LogP contribution >= 0.6 is 0 Å². The third-order valence-corrected chi connectivity index (χ3v) is 9.41. The Morgan fingerprint density at radius 1 is 0.404 bits per heavy atom. The zero-order valence-electron chi connectivity index (χ0n) is 34.3. The number of hydrogen-bond acceptors (Lipinski definition) is 6. The molecule has 302 valence electrons. The fraction of sp³-hybridized carbons (Fsp3) is 0.804. The van der Waals surface area contributed by atoms with E-state index < -0.39 is 6.10 Å². The molecule has 0 aliphatic rings. The fourth-order valence-corrected chi connectivity index (χ4v) is 6.10. The van der Waals surface area contributed by atoms with Gasteiger partial charge in [0.2, 0.25) is 0 Å². The second-order valence-corrected chi connectivity index (χ2v) is 14.6. The van der Waals surface area contributed by atoms with Crippen molar-refractivity contribution in [1.29, 1.82) is 0 Å². The van der Waals surface area contributed by atoms with Gasteiger partial charge in [-0.2, -0.15) is 0 Å². The van der Waals surface area contributed by atoms with Crippen LogP contribution in [0.3, 0.4) is 0 Å². The highest BCUT2D eigenvalue weighted by Gasteiger charge is 2.19. The summed E-state index contributed by atoms with van der Waals surface area (Å²) in [5.41, 5.74) is 0. The highest BCUT2D eigenvalue weighted by Crippen LogP contribution is 2.14. The molecule has 0 saturated carbocycles. The van der Waals surface area contributed by atoms with Crippen molar-refractivity contribution in [3.05, 3.63) is 36.5 Å². The summed E-state index contributed by atoms with van der Waals surface area (Å²) in [7, 11) is 0. The summed E-state index contributed by atoms with van der Waals surface area (Å²) in [5, 5.41) is 0. The van der Waals surface area contributed by atoms with Crippen molar-refractivity contribution in [2.75, 3.05) is 13.2 Å². The van der Waals surface area contributed by atoms with Gasteiger partial charge in [-0.15, -0.1) is 0 Å². The van der Waals surface area contributed by atoms with E-state index in [1.807, 2.05) is 0 Å². The Labute approximate surface area is 321 Å². The van der Waals surface area contributed by atoms with Crippen molar-refractivity contribution >= 4 is 17.9 Å². The van der Waals surface area contributed by atoms with E-state index in [0.717, 1.165) is 83.5 Å². The molecule has 0 rings (SSSR count). The zero-order valence-corrected chi connectivity index (χ0v) is 34.3. The lowest BCUT2D eigenvalue weighted by atomic mass is 10.1. The summed E-state index contributed by atoms with van der Waals surface area (Å²) < 4.78 is 16.6. The number of carbonyl (C=O) groups excluding carboxylic acids is 3. The van der Waals surface area contributed by atoms with Crippen LogP contribution in [0.4, 0.5) is 0 Å². The van der Waals surface area contributed by atoms with Crippen molar-refractivity contribution < 1.29 is 28.6 Å². The molecule has 1 unspecified atom stereocenters. The maximum absolute atomic E-state index is 12.6. The summed E-state index contributed by atoms with van der Waals surface area (Å²) in [6.07, 6.45) is 45.7. The number of carbonyl (C=O) groups is 3. The molecule has 0 saturated heterocycles. The van der Waals surface area contributed by atoms with Crippen LogP contribution in [-0.2, 0) is 28.6 Å². The molecule has 0 amide bonds. The summed E-state index contributed by atoms with van der Waals surface area (Å²) in [6, 6.07) is 0. The maximum atomic E-state index is 12.6. The minimum absolute atomic E-state index is 0.0732. The van der Waals surface area contributed by atoms with Gasteiger partial charge in [0.15, 0.2) is 6.10 Å². The summed E-state index contributed by atoms with van der Waals surface area (Å²) in [5.74, 6) is -0.891. The third-order valence-electron chi connectivity index (χ3n) is 9.41. The van der Waals surface area contributed by atoms with Gasteiger partial charge in [-0.05, 0) is 51.4 Å². The Balaban J connectivity index is 4.27. The van der Waals surface area contributed by atoms with Crippen molar-refractivity contribution in [3.8, 4) is 0 Å². The van der Waals surface area contributed by atoms with Gasteiger partial charge in [-0.1, -0.05) is 186 Å². The van der Waals surface area contributed by atoms with Crippen molar-refractivity contribution in [1.82, 2.24) is 0 Å². The number of hydrogen-bond donors (Lipinski definition) is 0. The van der Waals surface area contributed by atoms with Crippen LogP contribution in [0.1, 0.15) is 220 Å². The van der Waals surface area contributed by atoms with Crippen molar-refractivity contribution in [3.63, 3.8) is 0 Å². The minimum Gasteiger partial charge on any atom is -0.462 e. The van der Waals surface area contributed by atoms with Crippen molar-refractivity contribution in [2.45, 2.75) is 226 Å². The predicted molar refractivity (Wildman–Crippen MR) is 219 cm³/mol. The molecule has 0 radical (unpaired) electrons. The van der Waals surface area contributed by atoms with Gasteiger partial charge in [0.25, 0.3) is 0 Å². The SMILES string of the molecule is CC/C=C\C/C=C\C/C=C\CCCCCCCCCC(=O)OCC(COC(=O)CCCCCCCCC)OC(=O)CCCCCCCCCCCC. The lowest BCUT2D eigenvalue weighted by molar-refractivity contribution is -0.167. The zero-order chi connectivity index (χ0) is 38.0. The first-order valence-corrected chi connectivity index (χ1v) is 22.0. The molecule has 0 aromatic rings. The fourth-order valence-electron chi connectivity index (χ4n) is 6.10. The molecule has 1 atom stereocenters. The van der Waals surface area contributed by atoms with Gasteiger partial charge < -0.3 is 14.2 Å². The van der Waals surface area contributed by atoms with E-state index in [0.29, 0.717) is 19.3 Å². The van der Waals surface area contributed by atoms with E-state index in [9.17, 15) is 14.4 Å². The smallest absolute Gasteiger partial charge is 0.306 e. The Hall–Kier alpha value is -2.37. The summed E-state index contributed by atoms with van der Waals surface area (Å²) in [4.78, 5) is 37.5. The monoisotopic (exact) mass is 731 g/mol. The molecule has 6 heteroatoms. The Morgan fingerprint density at radius 3 is 1.17 bits per heavy atom. The quantitative estimate of drug-likeness (QED) is 0.0271. The standard InChI is InChI=1S/C46H82O6/c1-4-7-10-13-16-18-20-21-22-23-24-25-26-28-30-33-36-39-45(48)51-42-43(41-50-44(47)38-35-32-29-15-12-9-6-3)52-46(49)40-37-34-31-27-19-17-14-11-8-5-2/h7,10,16,18,21-22,43H,4-6,8-9,11-15,17,19-20,23-42H2,1-3H3/b10-7-,18-16-,22-21-. The molecule has 0 aromatic carbocycles. The topological polar surface area (TPSA) is 78.9 Å². The number of allylic oxidation sites excluding steroid dienone is 6. The number of rotatable bonds is 39. The largest absolute Gasteiger partial charge is 0.462 e. The lowest BCUT2D eigenvalue weighted by Gasteiger charge is -2.18. The first-order valence-electron chi connectivity index (χ1n) is 22.0. The Bertz CT molecular complexity index is 891. The van der Waals surface area contributed by atoms with Gasteiger partial charge >= 0.3 is 17.9 Å². The second-order valence-electron chi connectivity index (χ2n) is 14.6. The average molecular weight is 731 g/mol. The Morgan fingerprint density at radius 2 is 0.750 bits per heavy atom. The molecule has 0 heterocycles. The van der Waals surface area contributed by atoms with E-state index in [1.54, 1.807) is 0 Å². The van der Waals surface area contributed by atoms with Crippen LogP contribution in [-0.4, -0.2) is 37.2 Å². The second kappa shape index (κ2) is 41.4. The molecule has 0 aliphatic heterocycles. The van der Waals surface area contributed by atoms with Crippen LogP contribution in [0, 0.1) is 0 Å². The van der Waals surface area contributed by atoms with Gasteiger partial charge in [-0.3, -0.25) is 14.4 Å². The molecular formula is C46H82O6. The molecule has 0 aromatic heterocycles. The maximum Gasteiger partial charge on any atom is 0.306 e. The van der Waals surface area contributed by atoms with Gasteiger partial charge in [0.05, 0.1) is 0 Å². The van der Waals surface area contributed by atoms with Crippen molar-refractivity contribution in [2.24, 2.45) is 0 Å². The van der Waals surface area contributed by atoms with Gasteiger partial charge in [0, 0.05) is 19.3 Å². The van der Waals surface area contributed by atoms with Crippen LogP contribution < -0.4 is 0 Å². The van der Waals surface area contributed by atoms with Gasteiger partial charge in [0.1, 0.15) is 13.2 Å². The van der Waals surface area contributed by atoms with E-state index in [1.165, 1.54) is 96.3 Å². The average Bonchev–Trinajstić information content (AvgIpc) is 3.14. The van der Waals surface area contributed by atoms with Crippen LogP contribution in [0.5, 0.6) is 0 Å².